The molecule has 2 amide bonds. The summed E-state index contributed by atoms with van der Waals surface area (Å²) in [6.07, 6.45) is 3.41. The number of hydrogen-bond acceptors (Lipinski definition) is 5. The largest absolute Gasteiger partial charge is 0.354 e. The van der Waals surface area contributed by atoms with Crippen LogP contribution in [0.2, 0.25) is 0 Å². The molecule has 1 unspecified atom stereocenters. The van der Waals surface area contributed by atoms with Crippen molar-refractivity contribution in [1.29, 1.82) is 5.26 Å². The summed E-state index contributed by atoms with van der Waals surface area (Å²) in [5.74, 6) is 0.465. The Morgan fingerprint density at radius 2 is 2.17 bits per heavy atom. The molecule has 3 rings (SSSR count). The van der Waals surface area contributed by atoms with Gasteiger partial charge in [-0.15, -0.1) is 5.10 Å². The minimum atomic E-state index is -0.398. The maximum Gasteiger partial charge on any atom is 0.319 e. The molecule has 1 aromatic heterocycles. The van der Waals surface area contributed by atoms with Crippen LogP contribution in [0.15, 0.2) is 24.3 Å². The Morgan fingerprint density at radius 3 is 2.87 bits per heavy atom. The van der Waals surface area contributed by atoms with Crippen molar-refractivity contribution in [3.8, 4) is 6.07 Å². The number of urea groups is 1. The molecule has 1 fully saturated rings. The van der Waals surface area contributed by atoms with E-state index in [1.807, 2.05) is 13.8 Å². The van der Waals surface area contributed by atoms with Crippen LogP contribution in [0.1, 0.15) is 43.5 Å². The monoisotopic (exact) mass is 410 g/mol. The first kappa shape index (κ1) is 21.5. The third-order valence-corrected chi connectivity index (χ3v) is 5.39. The highest BCUT2D eigenvalue weighted by Crippen LogP contribution is 2.27. The smallest absolute Gasteiger partial charge is 0.319 e. The number of nitrogens with zero attached hydrogens (tertiary/aromatic N) is 4. The Bertz CT molecular complexity index is 942. The standard InChI is InChI=1S/C22H27FN6O/c1-3-18-19(12-24)21(28-27-20(18)4-2)29-10-6-7-15(14-29)13-25-22(30)26-17-9-5-8-16(23)11-17/h5,8-9,11,15H,3-4,6-7,10,13-14H2,1-2H3,(H2,25,26,30). The topological polar surface area (TPSA) is 93.9 Å². The number of piperidine rings is 1. The van der Waals surface area contributed by atoms with Gasteiger partial charge in [0.25, 0.3) is 0 Å². The lowest BCUT2D eigenvalue weighted by Gasteiger charge is -2.34. The molecule has 0 spiro atoms. The number of halogens is 1. The second-order valence-electron chi connectivity index (χ2n) is 7.44. The van der Waals surface area contributed by atoms with E-state index in [1.165, 1.54) is 12.1 Å². The molecule has 30 heavy (non-hydrogen) atoms. The van der Waals surface area contributed by atoms with E-state index >= 15 is 0 Å². The summed E-state index contributed by atoms with van der Waals surface area (Å²) in [5, 5.41) is 24.0. The number of aromatic nitrogens is 2. The van der Waals surface area contributed by atoms with Crippen LogP contribution in [0.3, 0.4) is 0 Å². The van der Waals surface area contributed by atoms with Crippen molar-refractivity contribution in [2.24, 2.45) is 5.92 Å². The molecule has 158 valence electrons. The molecule has 2 heterocycles. The Labute approximate surface area is 176 Å². The summed E-state index contributed by atoms with van der Waals surface area (Å²) >= 11 is 0. The van der Waals surface area contributed by atoms with Crippen molar-refractivity contribution < 1.29 is 9.18 Å². The van der Waals surface area contributed by atoms with Crippen molar-refractivity contribution in [3.05, 3.63) is 46.9 Å². The molecule has 2 aromatic rings. The Kier molecular flexibility index (Phi) is 7.17. The van der Waals surface area contributed by atoms with Gasteiger partial charge in [-0.3, -0.25) is 0 Å². The van der Waals surface area contributed by atoms with Crippen molar-refractivity contribution >= 4 is 17.5 Å². The first-order valence-electron chi connectivity index (χ1n) is 10.4. The number of anilines is 2. The van der Waals surface area contributed by atoms with E-state index in [0.29, 0.717) is 30.2 Å². The Hall–Kier alpha value is -3.21. The van der Waals surface area contributed by atoms with Crippen LogP contribution >= 0.6 is 0 Å². The van der Waals surface area contributed by atoms with E-state index in [9.17, 15) is 14.4 Å². The molecule has 1 aliphatic heterocycles. The van der Waals surface area contributed by atoms with Gasteiger partial charge in [-0.1, -0.05) is 19.9 Å². The van der Waals surface area contributed by atoms with E-state index in [0.717, 1.165) is 43.5 Å². The highest BCUT2D eigenvalue weighted by molar-refractivity contribution is 5.89. The quantitative estimate of drug-likeness (QED) is 0.758. The van der Waals surface area contributed by atoms with Crippen LogP contribution in [-0.2, 0) is 12.8 Å². The van der Waals surface area contributed by atoms with Crippen molar-refractivity contribution in [2.75, 3.05) is 29.9 Å². The summed E-state index contributed by atoms with van der Waals surface area (Å²) in [7, 11) is 0. The summed E-state index contributed by atoms with van der Waals surface area (Å²) in [5.41, 5.74) is 2.87. The predicted molar refractivity (Wildman–Crippen MR) is 114 cm³/mol. The zero-order chi connectivity index (χ0) is 21.5. The number of hydrogen-bond donors (Lipinski definition) is 2. The van der Waals surface area contributed by atoms with Crippen molar-refractivity contribution in [3.63, 3.8) is 0 Å². The third-order valence-electron chi connectivity index (χ3n) is 5.39. The minimum Gasteiger partial charge on any atom is -0.354 e. The van der Waals surface area contributed by atoms with E-state index < -0.39 is 5.82 Å². The molecule has 1 atom stereocenters. The molecular formula is C22H27FN6O. The average molecular weight is 410 g/mol. The zero-order valence-electron chi connectivity index (χ0n) is 17.4. The maximum atomic E-state index is 13.3. The number of aryl methyl sites for hydroxylation is 1. The predicted octanol–water partition coefficient (Wildman–Crippen LogP) is 3.65. The van der Waals surface area contributed by atoms with Gasteiger partial charge in [0.1, 0.15) is 17.4 Å². The molecule has 1 aromatic carbocycles. The third kappa shape index (κ3) is 5.03. The fourth-order valence-corrected chi connectivity index (χ4v) is 3.90. The van der Waals surface area contributed by atoms with Gasteiger partial charge >= 0.3 is 6.03 Å². The lowest BCUT2D eigenvalue weighted by molar-refractivity contribution is 0.249. The van der Waals surface area contributed by atoms with Crippen LogP contribution in [0.25, 0.3) is 0 Å². The second-order valence-corrected chi connectivity index (χ2v) is 7.44. The summed E-state index contributed by atoms with van der Waals surface area (Å²) in [4.78, 5) is 14.3. The normalized spacial score (nSPS) is 16.1. The number of carbonyl (C=O) groups excluding carboxylic acids is 1. The SMILES string of the molecule is CCc1nnc(N2CCCC(CNC(=O)Nc3cccc(F)c3)C2)c(C#N)c1CC. The van der Waals surface area contributed by atoms with Crippen LogP contribution in [0, 0.1) is 23.1 Å². The van der Waals surface area contributed by atoms with E-state index in [1.54, 1.807) is 12.1 Å². The van der Waals surface area contributed by atoms with Crippen LogP contribution < -0.4 is 15.5 Å². The number of benzene rings is 1. The fraction of sp³-hybridized carbons (Fsp3) is 0.455. The summed E-state index contributed by atoms with van der Waals surface area (Å²) in [6.45, 7) is 6.03. The molecule has 0 radical (unpaired) electrons. The molecule has 0 bridgehead atoms. The molecule has 2 N–H and O–H groups in total. The second kappa shape index (κ2) is 10.0. The van der Waals surface area contributed by atoms with Gasteiger partial charge in [-0.2, -0.15) is 10.4 Å². The van der Waals surface area contributed by atoms with Gasteiger partial charge in [0.15, 0.2) is 5.82 Å². The number of nitrogens with one attached hydrogen (secondary N) is 2. The highest BCUT2D eigenvalue weighted by atomic mass is 19.1. The van der Waals surface area contributed by atoms with E-state index in [4.69, 9.17) is 0 Å². The summed E-state index contributed by atoms with van der Waals surface area (Å²) in [6, 6.07) is 7.75. The lowest BCUT2D eigenvalue weighted by atomic mass is 9.96. The Morgan fingerprint density at radius 1 is 1.33 bits per heavy atom. The van der Waals surface area contributed by atoms with Crippen molar-refractivity contribution in [1.82, 2.24) is 15.5 Å². The first-order chi connectivity index (χ1) is 14.5. The molecule has 1 saturated heterocycles. The highest BCUT2D eigenvalue weighted by Gasteiger charge is 2.25. The van der Waals surface area contributed by atoms with Gasteiger partial charge in [0.05, 0.1) is 5.69 Å². The number of amides is 2. The fourth-order valence-electron chi connectivity index (χ4n) is 3.90. The van der Waals surface area contributed by atoms with Crippen LogP contribution in [0.5, 0.6) is 0 Å². The lowest BCUT2D eigenvalue weighted by Crippen LogP contribution is -2.42. The number of carbonyl (C=O) groups is 1. The molecule has 7 nitrogen and oxygen atoms in total. The van der Waals surface area contributed by atoms with Gasteiger partial charge in [-0.25, -0.2) is 9.18 Å². The number of nitriles is 1. The van der Waals surface area contributed by atoms with Gasteiger partial charge in [0, 0.05) is 25.3 Å². The molecule has 0 aliphatic carbocycles. The maximum absolute atomic E-state index is 13.3. The van der Waals surface area contributed by atoms with Crippen LogP contribution in [0.4, 0.5) is 20.7 Å². The van der Waals surface area contributed by atoms with Gasteiger partial charge in [0.2, 0.25) is 0 Å². The Balaban J connectivity index is 1.63. The molecule has 8 heteroatoms. The van der Waals surface area contributed by atoms with Gasteiger partial charge in [-0.05, 0) is 55.4 Å². The van der Waals surface area contributed by atoms with Crippen molar-refractivity contribution in [2.45, 2.75) is 39.5 Å². The number of rotatable bonds is 6. The minimum absolute atomic E-state index is 0.223. The van der Waals surface area contributed by atoms with Gasteiger partial charge < -0.3 is 15.5 Å². The summed E-state index contributed by atoms with van der Waals surface area (Å²) < 4.78 is 13.3. The zero-order valence-corrected chi connectivity index (χ0v) is 17.4. The van der Waals surface area contributed by atoms with E-state index in [-0.39, 0.29) is 11.9 Å². The van der Waals surface area contributed by atoms with Crippen LogP contribution in [-0.4, -0.2) is 35.9 Å². The average Bonchev–Trinajstić information content (AvgIpc) is 2.76. The first-order valence-corrected chi connectivity index (χ1v) is 10.4. The van der Waals surface area contributed by atoms with E-state index in [2.05, 4.69) is 31.8 Å². The molecular weight excluding hydrogens is 383 g/mol. The molecule has 1 aliphatic rings. The molecule has 0 saturated carbocycles.